The zero-order chi connectivity index (χ0) is 15.6. The van der Waals surface area contributed by atoms with Crippen LogP contribution in [0.1, 0.15) is 11.4 Å². The van der Waals surface area contributed by atoms with Gasteiger partial charge in [0.1, 0.15) is 11.6 Å². The van der Waals surface area contributed by atoms with Crippen LogP contribution >= 0.6 is 0 Å². The third-order valence-electron chi connectivity index (χ3n) is 3.17. The fourth-order valence-electron chi connectivity index (χ4n) is 2.12. The zero-order valence-electron chi connectivity index (χ0n) is 11.6. The molecule has 0 fully saturated rings. The van der Waals surface area contributed by atoms with Crippen LogP contribution in [0.2, 0.25) is 0 Å². The van der Waals surface area contributed by atoms with E-state index in [4.69, 9.17) is 0 Å². The number of sulfonamides is 1. The maximum Gasteiger partial charge on any atom is 0.216 e. The van der Waals surface area contributed by atoms with Crippen LogP contribution < -0.4 is 4.72 Å². The Balaban J connectivity index is 1.67. The molecule has 114 valence electrons. The summed E-state index contributed by atoms with van der Waals surface area (Å²) in [5, 5.41) is 0. The first-order valence-corrected chi connectivity index (χ1v) is 8.32. The van der Waals surface area contributed by atoms with Gasteiger partial charge in [0.25, 0.3) is 0 Å². The number of nitrogens with zero attached hydrogens (tertiary/aromatic N) is 1. The van der Waals surface area contributed by atoms with Gasteiger partial charge in [0.05, 0.1) is 23.3 Å². The first-order valence-electron chi connectivity index (χ1n) is 6.67. The molecule has 0 saturated heterocycles. The van der Waals surface area contributed by atoms with E-state index >= 15 is 0 Å². The summed E-state index contributed by atoms with van der Waals surface area (Å²) in [5.41, 5.74) is 2.17. The quantitative estimate of drug-likeness (QED) is 0.758. The van der Waals surface area contributed by atoms with Crippen molar-refractivity contribution in [2.75, 3.05) is 0 Å². The third-order valence-corrected chi connectivity index (χ3v) is 4.47. The van der Waals surface area contributed by atoms with Crippen LogP contribution in [0.5, 0.6) is 0 Å². The van der Waals surface area contributed by atoms with Gasteiger partial charge in [-0.3, -0.25) is 0 Å². The lowest BCUT2D eigenvalue weighted by molar-refractivity contribution is 0.578. The molecule has 0 saturated carbocycles. The molecule has 1 heterocycles. The number of aromatic amines is 1. The Hall–Kier alpha value is -2.25. The number of benzene rings is 2. The van der Waals surface area contributed by atoms with Crippen molar-refractivity contribution in [1.82, 2.24) is 14.7 Å². The molecule has 0 bridgehead atoms. The molecule has 0 radical (unpaired) electrons. The molecule has 2 aromatic carbocycles. The van der Waals surface area contributed by atoms with Gasteiger partial charge in [-0.05, 0) is 29.8 Å². The summed E-state index contributed by atoms with van der Waals surface area (Å²) < 4.78 is 39.4. The van der Waals surface area contributed by atoms with Crippen LogP contribution in [0.15, 0.2) is 48.5 Å². The monoisotopic (exact) mass is 319 g/mol. The highest BCUT2D eigenvalue weighted by atomic mass is 32.2. The van der Waals surface area contributed by atoms with Crippen molar-refractivity contribution >= 4 is 21.1 Å². The number of aromatic nitrogens is 2. The van der Waals surface area contributed by atoms with E-state index < -0.39 is 15.8 Å². The number of hydrogen-bond acceptors (Lipinski definition) is 3. The third kappa shape index (κ3) is 3.49. The minimum atomic E-state index is -3.52. The Morgan fingerprint density at radius 2 is 1.82 bits per heavy atom. The molecule has 3 rings (SSSR count). The number of nitrogens with one attached hydrogen (secondary N) is 2. The average molecular weight is 319 g/mol. The van der Waals surface area contributed by atoms with Crippen LogP contribution in [0.4, 0.5) is 4.39 Å². The maximum atomic E-state index is 12.8. The van der Waals surface area contributed by atoms with E-state index in [2.05, 4.69) is 14.7 Å². The maximum absolute atomic E-state index is 12.8. The number of para-hydroxylation sites is 2. The number of rotatable bonds is 5. The number of imidazole rings is 1. The van der Waals surface area contributed by atoms with Crippen LogP contribution in [-0.2, 0) is 22.3 Å². The van der Waals surface area contributed by atoms with Gasteiger partial charge in [0.15, 0.2) is 0 Å². The Bertz CT molecular complexity index is 856. The molecule has 0 aliphatic rings. The molecule has 1 aromatic heterocycles. The smallest absolute Gasteiger partial charge is 0.216 e. The summed E-state index contributed by atoms with van der Waals surface area (Å²) in [7, 11) is -3.52. The highest BCUT2D eigenvalue weighted by molar-refractivity contribution is 7.88. The molecular weight excluding hydrogens is 305 g/mol. The standard InChI is InChI=1S/C15H14FN3O2S/c16-12-7-5-11(6-8-12)10-22(20,21)17-9-15-18-13-3-1-2-4-14(13)19-15/h1-8,17H,9-10H2,(H,18,19). The first kappa shape index (κ1) is 14.7. The van der Waals surface area contributed by atoms with Gasteiger partial charge in [-0.25, -0.2) is 22.5 Å². The van der Waals surface area contributed by atoms with Gasteiger partial charge in [0, 0.05) is 0 Å². The molecule has 2 N–H and O–H groups in total. The molecule has 0 atom stereocenters. The van der Waals surface area contributed by atoms with Crippen LogP contribution in [-0.4, -0.2) is 18.4 Å². The molecule has 0 aliphatic heterocycles. The molecule has 7 heteroatoms. The number of H-pyrrole nitrogens is 1. The summed E-state index contributed by atoms with van der Waals surface area (Å²) in [6, 6.07) is 12.9. The normalized spacial score (nSPS) is 11.9. The molecular formula is C15H14FN3O2S. The predicted molar refractivity (Wildman–Crippen MR) is 82.0 cm³/mol. The van der Waals surface area contributed by atoms with Crippen molar-refractivity contribution in [3.8, 4) is 0 Å². The summed E-state index contributed by atoms with van der Waals surface area (Å²) >= 11 is 0. The van der Waals surface area contributed by atoms with Crippen molar-refractivity contribution in [2.45, 2.75) is 12.3 Å². The Morgan fingerprint density at radius 3 is 2.55 bits per heavy atom. The molecule has 0 spiro atoms. The van der Waals surface area contributed by atoms with E-state index in [0.29, 0.717) is 11.4 Å². The second-order valence-electron chi connectivity index (χ2n) is 4.91. The number of fused-ring (bicyclic) bond motifs is 1. The highest BCUT2D eigenvalue weighted by Crippen LogP contribution is 2.11. The summed E-state index contributed by atoms with van der Waals surface area (Å²) in [6.07, 6.45) is 0. The molecule has 0 unspecified atom stereocenters. The summed E-state index contributed by atoms with van der Waals surface area (Å²) in [5.74, 6) is -0.0479. The van der Waals surface area contributed by atoms with Gasteiger partial charge < -0.3 is 4.98 Å². The van der Waals surface area contributed by atoms with Crippen LogP contribution in [0.3, 0.4) is 0 Å². The van der Waals surface area contributed by atoms with Gasteiger partial charge in [-0.1, -0.05) is 24.3 Å². The topological polar surface area (TPSA) is 74.8 Å². The van der Waals surface area contributed by atoms with Crippen molar-refractivity contribution in [3.63, 3.8) is 0 Å². The van der Waals surface area contributed by atoms with E-state index in [1.807, 2.05) is 24.3 Å². The van der Waals surface area contributed by atoms with Crippen LogP contribution in [0.25, 0.3) is 11.0 Å². The average Bonchev–Trinajstić information content (AvgIpc) is 2.90. The number of hydrogen-bond donors (Lipinski definition) is 2. The van der Waals surface area contributed by atoms with Crippen molar-refractivity contribution in [1.29, 1.82) is 0 Å². The van der Waals surface area contributed by atoms with Crippen molar-refractivity contribution in [2.24, 2.45) is 0 Å². The number of halogens is 1. The Kier molecular flexibility index (Phi) is 3.91. The van der Waals surface area contributed by atoms with E-state index in [1.54, 1.807) is 0 Å². The van der Waals surface area contributed by atoms with Gasteiger partial charge in [-0.2, -0.15) is 0 Å². The lowest BCUT2D eigenvalue weighted by Gasteiger charge is -2.05. The second kappa shape index (κ2) is 5.86. The summed E-state index contributed by atoms with van der Waals surface area (Å²) in [6.45, 7) is 0.0816. The second-order valence-corrected chi connectivity index (χ2v) is 6.71. The predicted octanol–water partition coefficient (Wildman–Crippen LogP) is 2.32. The first-order chi connectivity index (χ1) is 10.5. The fourth-order valence-corrected chi connectivity index (χ4v) is 3.21. The minimum Gasteiger partial charge on any atom is -0.341 e. The fraction of sp³-hybridized carbons (Fsp3) is 0.133. The lowest BCUT2D eigenvalue weighted by Crippen LogP contribution is -2.25. The van der Waals surface area contributed by atoms with Gasteiger partial charge in [-0.15, -0.1) is 0 Å². The van der Waals surface area contributed by atoms with Gasteiger partial charge in [0.2, 0.25) is 10.0 Å². The molecule has 0 aliphatic carbocycles. The molecule has 22 heavy (non-hydrogen) atoms. The molecule has 3 aromatic rings. The lowest BCUT2D eigenvalue weighted by atomic mass is 10.2. The van der Waals surface area contributed by atoms with E-state index in [0.717, 1.165) is 11.0 Å². The van der Waals surface area contributed by atoms with Crippen molar-refractivity contribution in [3.05, 3.63) is 65.7 Å². The largest absolute Gasteiger partial charge is 0.341 e. The van der Waals surface area contributed by atoms with E-state index in [-0.39, 0.29) is 12.3 Å². The Labute approximate surface area is 127 Å². The molecule has 0 amide bonds. The Morgan fingerprint density at radius 1 is 1.09 bits per heavy atom. The van der Waals surface area contributed by atoms with Crippen molar-refractivity contribution < 1.29 is 12.8 Å². The minimum absolute atomic E-state index is 0.0816. The van der Waals surface area contributed by atoms with Crippen LogP contribution in [0, 0.1) is 5.82 Å². The highest BCUT2D eigenvalue weighted by Gasteiger charge is 2.12. The summed E-state index contributed by atoms with van der Waals surface area (Å²) in [4.78, 5) is 7.35. The van der Waals surface area contributed by atoms with Gasteiger partial charge >= 0.3 is 0 Å². The SMILES string of the molecule is O=S(=O)(Cc1ccc(F)cc1)NCc1nc2ccccc2[nH]1. The zero-order valence-corrected chi connectivity index (χ0v) is 12.4. The molecule has 5 nitrogen and oxygen atoms in total. The van der Waals surface area contributed by atoms with E-state index in [1.165, 1.54) is 24.3 Å². The van der Waals surface area contributed by atoms with E-state index in [9.17, 15) is 12.8 Å².